The first-order chi connectivity index (χ1) is 21.3. The second-order valence-corrected chi connectivity index (χ2v) is 18.0. The van der Waals surface area contributed by atoms with Gasteiger partial charge in [-0.2, -0.15) is 5.26 Å². The van der Waals surface area contributed by atoms with Gasteiger partial charge in [-0.3, -0.25) is 14.4 Å². The van der Waals surface area contributed by atoms with Gasteiger partial charge in [0.25, 0.3) is 0 Å². The number of nitrogens with zero attached hydrogens (tertiary/aromatic N) is 2. The van der Waals surface area contributed by atoms with Gasteiger partial charge in [-0.15, -0.1) is 0 Å². The molecule has 0 unspecified atom stereocenters. The second-order valence-electron chi connectivity index (χ2n) is 18.0. The molecular formula is C40H62N2O4. The van der Waals surface area contributed by atoms with Crippen LogP contribution >= 0.6 is 0 Å². The minimum absolute atomic E-state index is 0.0343. The Labute approximate surface area is 279 Å². The SMILES string of the molecule is CCCC(C)(C)CC[C@](C)(CCC(=O)N1CCC(O)CC1)CC[C@]1(C)CC(=O)C=C2[C@@]3(C)C=C(C#N)C(=O)C(C)(C)[C@@H]3CC[C@]21C. The maximum atomic E-state index is 13.6. The number of carbonyl (C=O) groups excluding carboxylic acids is 3. The fourth-order valence-corrected chi connectivity index (χ4v) is 10.1. The van der Waals surface area contributed by atoms with Crippen LogP contribution in [0.2, 0.25) is 0 Å². The zero-order valence-electron chi connectivity index (χ0n) is 30.5. The summed E-state index contributed by atoms with van der Waals surface area (Å²) in [6.07, 6.45) is 14.7. The molecule has 0 aromatic rings. The lowest BCUT2D eigenvalue weighted by atomic mass is 9.40. The first-order valence-corrected chi connectivity index (χ1v) is 18.1. The highest BCUT2D eigenvalue weighted by molar-refractivity contribution is 6.04. The van der Waals surface area contributed by atoms with Crippen molar-refractivity contribution in [1.82, 2.24) is 4.90 Å². The van der Waals surface area contributed by atoms with Crippen molar-refractivity contribution in [2.75, 3.05) is 13.1 Å². The molecule has 6 heteroatoms. The summed E-state index contributed by atoms with van der Waals surface area (Å²) in [5.74, 6) is 0.297. The van der Waals surface area contributed by atoms with Gasteiger partial charge in [-0.1, -0.05) is 80.4 Å². The Bertz CT molecular complexity index is 1310. The van der Waals surface area contributed by atoms with Crippen LogP contribution in [0.3, 0.4) is 0 Å². The highest BCUT2D eigenvalue weighted by Gasteiger charge is 2.63. The highest BCUT2D eigenvalue weighted by atomic mass is 16.3. The predicted molar refractivity (Wildman–Crippen MR) is 184 cm³/mol. The number of carbonyl (C=O) groups is 3. The average molecular weight is 635 g/mol. The number of fused-ring (bicyclic) bond motifs is 3. The van der Waals surface area contributed by atoms with Gasteiger partial charge in [-0.25, -0.2) is 0 Å². The number of aliphatic hydroxyl groups is 1. The van der Waals surface area contributed by atoms with Gasteiger partial charge in [-0.05, 0) is 97.9 Å². The van der Waals surface area contributed by atoms with Crippen LogP contribution in [0.25, 0.3) is 0 Å². The molecule has 256 valence electrons. The quantitative estimate of drug-likeness (QED) is 0.246. The molecular weight excluding hydrogens is 572 g/mol. The monoisotopic (exact) mass is 634 g/mol. The van der Waals surface area contributed by atoms with Crippen molar-refractivity contribution in [1.29, 1.82) is 5.26 Å². The van der Waals surface area contributed by atoms with Gasteiger partial charge in [0.05, 0.1) is 11.7 Å². The molecule has 0 aromatic carbocycles. The molecule has 1 saturated heterocycles. The lowest BCUT2D eigenvalue weighted by Crippen LogP contribution is -2.57. The van der Waals surface area contributed by atoms with Crippen LogP contribution in [0.15, 0.2) is 23.3 Å². The fourth-order valence-electron chi connectivity index (χ4n) is 10.1. The van der Waals surface area contributed by atoms with E-state index in [0.29, 0.717) is 38.8 Å². The number of hydrogen-bond donors (Lipinski definition) is 1. The van der Waals surface area contributed by atoms with Crippen molar-refractivity contribution in [3.05, 3.63) is 23.3 Å². The third-order valence-electron chi connectivity index (χ3n) is 13.7. The molecule has 1 amide bonds. The Morgan fingerprint density at radius 1 is 1.00 bits per heavy atom. The summed E-state index contributed by atoms with van der Waals surface area (Å²) in [5, 5.41) is 19.9. The first kappa shape index (κ1) is 36.6. The number of nitriles is 1. The van der Waals surface area contributed by atoms with Gasteiger partial charge in [0, 0.05) is 36.8 Å². The zero-order valence-corrected chi connectivity index (χ0v) is 30.5. The van der Waals surface area contributed by atoms with Crippen LogP contribution in [0.4, 0.5) is 0 Å². The zero-order chi connectivity index (χ0) is 34.3. The van der Waals surface area contributed by atoms with E-state index in [1.165, 1.54) is 6.42 Å². The van der Waals surface area contributed by atoms with Crippen molar-refractivity contribution in [2.45, 2.75) is 152 Å². The molecule has 0 aromatic heterocycles. The molecule has 2 fully saturated rings. The average Bonchev–Trinajstić information content (AvgIpc) is 2.98. The number of piperidine rings is 1. The van der Waals surface area contributed by atoms with E-state index in [9.17, 15) is 24.8 Å². The molecule has 0 spiro atoms. The van der Waals surface area contributed by atoms with Crippen LogP contribution in [0.1, 0.15) is 146 Å². The minimum Gasteiger partial charge on any atom is -0.393 e. The molecule has 1 N–H and O–H groups in total. The number of likely N-dealkylation sites (tertiary alicyclic amines) is 1. The summed E-state index contributed by atoms with van der Waals surface area (Å²) in [6, 6.07) is 2.19. The number of Topliss-reactive ketones (excluding diaryl/α,β-unsaturated/α-hetero) is 1. The van der Waals surface area contributed by atoms with Gasteiger partial charge in [0.1, 0.15) is 6.07 Å². The summed E-state index contributed by atoms with van der Waals surface area (Å²) in [6.45, 7) is 21.4. The maximum absolute atomic E-state index is 13.6. The summed E-state index contributed by atoms with van der Waals surface area (Å²) in [7, 11) is 0. The minimum atomic E-state index is -0.670. The maximum Gasteiger partial charge on any atom is 0.222 e. The van der Waals surface area contributed by atoms with Gasteiger partial charge >= 0.3 is 0 Å². The molecule has 4 aliphatic rings. The molecule has 3 aliphatic carbocycles. The summed E-state index contributed by atoms with van der Waals surface area (Å²) >= 11 is 0. The summed E-state index contributed by atoms with van der Waals surface area (Å²) in [4.78, 5) is 42.2. The van der Waals surface area contributed by atoms with Gasteiger partial charge in [0.15, 0.2) is 11.6 Å². The van der Waals surface area contributed by atoms with Crippen LogP contribution in [0.5, 0.6) is 0 Å². The number of aliphatic hydroxyl groups excluding tert-OH is 1. The van der Waals surface area contributed by atoms with Crippen molar-refractivity contribution < 1.29 is 19.5 Å². The normalized spacial score (nSPS) is 32.9. The lowest BCUT2D eigenvalue weighted by Gasteiger charge is -2.63. The van der Waals surface area contributed by atoms with E-state index in [4.69, 9.17) is 0 Å². The van der Waals surface area contributed by atoms with Crippen LogP contribution in [-0.4, -0.2) is 46.7 Å². The topological polar surface area (TPSA) is 98.5 Å². The third-order valence-corrected chi connectivity index (χ3v) is 13.7. The Kier molecular flexibility index (Phi) is 10.3. The highest BCUT2D eigenvalue weighted by Crippen LogP contribution is 2.69. The fraction of sp³-hybridized carbons (Fsp3) is 0.800. The summed E-state index contributed by atoms with van der Waals surface area (Å²) in [5.41, 5.74) is -0.202. The van der Waals surface area contributed by atoms with E-state index >= 15 is 0 Å². The predicted octanol–water partition coefficient (Wildman–Crippen LogP) is 8.53. The summed E-state index contributed by atoms with van der Waals surface area (Å²) < 4.78 is 0. The number of amides is 1. The smallest absolute Gasteiger partial charge is 0.222 e. The van der Waals surface area contributed by atoms with E-state index in [1.807, 2.05) is 30.9 Å². The van der Waals surface area contributed by atoms with E-state index in [2.05, 4.69) is 54.5 Å². The first-order valence-electron chi connectivity index (χ1n) is 18.1. The standard InChI is InChI=1S/C40H62N2O4/c1-10-15-35(2,3)18-19-37(6,16-12-33(45)42-22-13-29(43)14-23-42)20-21-38(7)26-30(44)24-32-39(8)25-28(27-41)34(46)36(4,5)31(39)11-17-40(32,38)9/h24-25,29,31,43H,10-23,26H2,1-9H3/t31-,37-,38+,39-,40+/m0/s1. The van der Waals surface area contributed by atoms with Crippen molar-refractivity contribution in [2.24, 2.45) is 38.4 Å². The number of allylic oxidation sites excluding steroid dienone is 4. The van der Waals surface area contributed by atoms with E-state index in [1.54, 1.807) is 0 Å². The molecule has 6 nitrogen and oxygen atoms in total. The molecule has 46 heavy (non-hydrogen) atoms. The molecule has 1 saturated carbocycles. The van der Waals surface area contributed by atoms with E-state index in [-0.39, 0.29) is 56.7 Å². The molecule has 0 bridgehead atoms. The van der Waals surface area contributed by atoms with Crippen LogP contribution in [-0.2, 0) is 14.4 Å². The molecule has 5 atom stereocenters. The van der Waals surface area contributed by atoms with Gasteiger partial charge in [0.2, 0.25) is 5.91 Å². The lowest BCUT2D eigenvalue weighted by molar-refractivity contribution is -0.134. The number of hydrogen-bond acceptors (Lipinski definition) is 5. The largest absolute Gasteiger partial charge is 0.393 e. The van der Waals surface area contributed by atoms with Crippen molar-refractivity contribution >= 4 is 17.5 Å². The van der Waals surface area contributed by atoms with Gasteiger partial charge < -0.3 is 10.0 Å². The van der Waals surface area contributed by atoms with Crippen LogP contribution < -0.4 is 0 Å². The molecule has 0 radical (unpaired) electrons. The Hall–Kier alpha value is -2.26. The van der Waals surface area contributed by atoms with Crippen molar-refractivity contribution in [3.63, 3.8) is 0 Å². The Morgan fingerprint density at radius 2 is 1.65 bits per heavy atom. The Balaban J connectivity index is 1.61. The molecule has 4 rings (SSSR count). The molecule has 1 heterocycles. The third kappa shape index (κ3) is 6.83. The van der Waals surface area contributed by atoms with Crippen molar-refractivity contribution in [3.8, 4) is 6.07 Å². The van der Waals surface area contributed by atoms with Crippen LogP contribution in [0, 0.1) is 49.7 Å². The second kappa shape index (κ2) is 13.0. The van der Waals surface area contributed by atoms with E-state index in [0.717, 1.165) is 56.9 Å². The molecule has 1 aliphatic heterocycles. The Morgan fingerprint density at radius 3 is 2.26 bits per heavy atom. The van der Waals surface area contributed by atoms with E-state index < -0.39 is 10.8 Å². The number of rotatable bonds is 11. The number of ketones is 2.